The Morgan fingerprint density at radius 1 is 1.00 bits per heavy atom. The third kappa shape index (κ3) is 6.86. The van der Waals surface area contributed by atoms with Crippen molar-refractivity contribution in [3.05, 3.63) is 65.0 Å². The van der Waals surface area contributed by atoms with Crippen molar-refractivity contribution in [1.82, 2.24) is 28.9 Å². The Balaban J connectivity index is 1.37. The second kappa shape index (κ2) is 13.8. The van der Waals surface area contributed by atoms with E-state index in [1.165, 1.54) is 7.11 Å². The van der Waals surface area contributed by atoms with Crippen molar-refractivity contribution in [3.63, 3.8) is 0 Å². The number of methoxy groups -OCH3 is 1. The van der Waals surface area contributed by atoms with Gasteiger partial charge in [0.1, 0.15) is 11.9 Å². The number of unbranched alkanes of at least 4 members (excludes halogenated alkanes) is 1. The number of ether oxygens (including phenoxy) is 1. The maximum atomic E-state index is 13.3. The van der Waals surface area contributed by atoms with Gasteiger partial charge in [-0.3, -0.25) is 24.4 Å². The molecule has 242 valence electrons. The second-order valence-corrected chi connectivity index (χ2v) is 11.1. The number of hydrogen-bond donors (Lipinski definition) is 4. The van der Waals surface area contributed by atoms with Gasteiger partial charge in [0.15, 0.2) is 0 Å². The molecule has 0 aliphatic rings. The number of primary amides is 1. The molecule has 2 aromatic carbocycles. The molecule has 14 heteroatoms. The van der Waals surface area contributed by atoms with Gasteiger partial charge < -0.3 is 30.0 Å². The van der Waals surface area contributed by atoms with E-state index in [0.717, 1.165) is 34.2 Å². The normalized spacial score (nSPS) is 12.0. The molecule has 0 fully saturated rings. The fourth-order valence-electron chi connectivity index (χ4n) is 5.55. The van der Waals surface area contributed by atoms with Crippen LogP contribution in [-0.4, -0.2) is 65.1 Å². The van der Waals surface area contributed by atoms with Crippen LogP contribution in [0.5, 0.6) is 0 Å². The van der Waals surface area contributed by atoms with Crippen molar-refractivity contribution in [2.75, 3.05) is 17.7 Å². The summed E-state index contributed by atoms with van der Waals surface area (Å²) in [5.74, 6) is -0.444. The minimum atomic E-state index is -0.989. The predicted molar refractivity (Wildman–Crippen MR) is 173 cm³/mol. The van der Waals surface area contributed by atoms with Crippen LogP contribution in [0.15, 0.2) is 42.5 Å². The second-order valence-electron chi connectivity index (χ2n) is 11.1. The number of fused-ring (bicyclic) bond motifs is 2. The summed E-state index contributed by atoms with van der Waals surface area (Å²) in [5.41, 5.74) is 11.1. The summed E-state index contributed by atoms with van der Waals surface area (Å²) in [6.07, 6.45) is 0.682. The molecule has 46 heavy (non-hydrogen) atoms. The monoisotopic (exact) mass is 629 g/mol. The number of aliphatic hydroxyl groups is 1. The van der Waals surface area contributed by atoms with Crippen LogP contribution in [0.2, 0.25) is 0 Å². The highest BCUT2D eigenvalue weighted by molar-refractivity contribution is 6.03. The fraction of sp³-hybridized carbons (Fsp3) is 0.375. The van der Waals surface area contributed by atoms with Crippen LogP contribution in [0.1, 0.15) is 64.7 Å². The van der Waals surface area contributed by atoms with Crippen LogP contribution in [-0.2, 0) is 29.2 Å². The van der Waals surface area contributed by atoms with Gasteiger partial charge in [0.05, 0.1) is 34.9 Å². The zero-order valence-electron chi connectivity index (χ0n) is 26.4. The van der Waals surface area contributed by atoms with E-state index in [2.05, 4.69) is 25.5 Å². The number of amides is 2. The first-order valence-corrected chi connectivity index (χ1v) is 15.2. The molecule has 1 atom stereocenters. The van der Waals surface area contributed by atoms with Crippen LogP contribution in [0.4, 0.5) is 11.9 Å². The first-order chi connectivity index (χ1) is 22.1. The third-order valence-electron chi connectivity index (χ3n) is 7.82. The number of hydrogen-bond acceptors (Lipinski definition) is 9. The van der Waals surface area contributed by atoms with E-state index in [-0.39, 0.29) is 18.7 Å². The number of nitrogens with two attached hydrogens (primary N) is 1. The first-order valence-electron chi connectivity index (χ1n) is 15.2. The number of anilines is 2. The van der Waals surface area contributed by atoms with Crippen molar-refractivity contribution in [2.24, 2.45) is 5.73 Å². The lowest BCUT2D eigenvalue weighted by molar-refractivity contribution is -0.141. The van der Waals surface area contributed by atoms with E-state index < -0.39 is 18.1 Å². The summed E-state index contributed by atoms with van der Waals surface area (Å²) in [4.78, 5) is 46.1. The van der Waals surface area contributed by atoms with Gasteiger partial charge in [-0.1, -0.05) is 12.1 Å². The number of esters is 1. The van der Waals surface area contributed by atoms with Gasteiger partial charge in [-0.05, 0) is 69.5 Å². The lowest BCUT2D eigenvalue weighted by Crippen LogP contribution is -2.23. The van der Waals surface area contributed by atoms with Crippen LogP contribution in [0, 0.1) is 13.8 Å². The molecular formula is C32H39N9O5. The van der Waals surface area contributed by atoms with Crippen LogP contribution < -0.4 is 16.4 Å². The molecule has 1 unspecified atom stereocenters. The molecule has 0 aliphatic heterocycles. The molecule has 5 N–H and O–H groups in total. The Morgan fingerprint density at radius 2 is 1.74 bits per heavy atom. The van der Waals surface area contributed by atoms with E-state index in [4.69, 9.17) is 10.7 Å². The number of benzene rings is 2. The minimum absolute atomic E-state index is 0.0724. The van der Waals surface area contributed by atoms with E-state index in [1.54, 1.807) is 28.9 Å². The van der Waals surface area contributed by atoms with Crippen molar-refractivity contribution < 1.29 is 24.2 Å². The molecular weight excluding hydrogens is 590 g/mol. The molecule has 5 rings (SSSR count). The van der Waals surface area contributed by atoms with Gasteiger partial charge in [-0.2, -0.15) is 5.10 Å². The maximum Gasteiger partial charge on any atom is 0.305 e. The summed E-state index contributed by atoms with van der Waals surface area (Å²) in [6.45, 7) is 7.40. The fourth-order valence-corrected chi connectivity index (χ4v) is 5.55. The number of aliphatic hydroxyl groups excluding tert-OH is 1. The van der Waals surface area contributed by atoms with Gasteiger partial charge in [0.2, 0.25) is 17.8 Å². The number of imidazole rings is 2. The number of aromatic nitrogens is 6. The average Bonchev–Trinajstić information content (AvgIpc) is 3.70. The molecule has 14 nitrogen and oxygen atoms in total. The Morgan fingerprint density at radius 3 is 2.46 bits per heavy atom. The van der Waals surface area contributed by atoms with Gasteiger partial charge in [-0.25, -0.2) is 9.97 Å². The summed E-state index contributed by atoms with van der Waals surface area (Å²) in [7, 11) is 1.31. The highest BCUT2D eigenvalue weighted by Gasteiger charge is 2.20. The standard InChI is InChI=1S/C32H39N9O5/c1-5-41-25(17-20(3)38-41)30(45)37-32-35-23-18-21(29(33)44)11-12-24(23)39(32)15-6-7-16-40-28-19(2)9-8-10-22(28)34-31(40)36-26(42)13-14-27(43)46-4/h8-12,17-18,26,42H,5-7,13-16H2,1-4H3,(H2,33,44)(H,34,36)(H,35,37,45). The van der Waals surface area contributed by atoms with E-state index in [1.807, 2.05) is 48.1 Å². The van der Waals surface area contributed by atoms with Crippen LogP contribution in [0.3, 0.4) is 0 Å². The molecule has 0 saturated heterocycles. The molecule has 3 aromatic heterocycles. The number of rotatable bonds is 14. The summed E-state index contributed by atoms with van der Waals surface area (Å²) >= 11 is 0. The molecule has 3 heterocycles. The molecule has 0 radical (unpaired) electrons. The van der Waals surface area contributed by atoms with E-state index >= 15 is 0 Å². The Hall–Kier alpha value is -5.24. The first kappa shape index (κ1) is 32.2. The number of para-hydroxylation sites is 1. The largest absolute Gasteiger partial charge is 0.469 e. The van der Waals surface area contributed by atoms with Crippen molar-refractivity contribution in [2.45, 2.75) is 72.3 Å². The third-order valence-corrected chi connectivity index (χ3v) is 7.82. The molecule has 5 aromatic rings. The van der Waals surface area contributed by atoms with Crippen molar-refractivity contribution in [3.8, 4) is 0 Å². The number of nitrogens with zero attached hydrogens (tertiary/aromatic N) is 6. The van der Waals surface area contributed by atoms with Crippen LogP contribution in [0.25, 0.3) is 22.1 Å². The van der Waals surface area contributed by atoms with Gasteiger partial charge in [0.25, 0.3) is 5.91 Å². The Kier molecular flexibility index (Phi) is 9.66. The number of nitrogens with one attached hydrogen (secondary N) is 2. The maximum absolute atomic E-state index is 13.3. The molecule has 2 amide bonds. The zero-order chi connectivity index (χ0) is 33.0. The lowest BCUT2D eigenvalue weighted by Gasteiger charge is -2.16. The molecule has 0 saturated carbocycles. The highest BCUT2D eigenvalue weighted by atomic mass is 16.5. The topological polar surface area (TPSA) is 184 Å². The minimum Gasteiger partial charge on any atom is -0.469 e. The van der Waals surface area contributed by atoms with Gasteiger partial charge >= 0.3 is 5.97 Å². The van der Waals surface area contributed by atoms with Crippen LogP contribution >= 0.6 is 0 Å². The molecule has 0 spiro atoms. The lowest BCUT2D eigenvalue weighted by atomic mass is 10.2. The van der Waals surface area contributed by atoms with E-state index in [0.29, 0.717) is 54.7 Å². The SMILES string of the molecule is CCn1nc(C)cc1C(=O)Nc1nc2cc(C(N)=O)ccc2n1CCCCn1c(NC(O)CCC(=O)OC)nc2cccc(C)c21. The average molecular weight is 630 g/mol. The smallest absolute Gasteiger partial charge is 0.305 e. The highest BCUT2D eigenvalue weighted by Crippen LogP contribution is 2.26. The summed E-state index contributed by atoms with van der Waals surface area (Å²) < 4.78 is 10.3. The summed E-state index contributed by atoms with van der Waals surface area (Å²) in [5, 5.41) is 21.0. The van der Waals surface area contributed by atoms with Crippen molar-refractivity contribution >= 4 is 51.7 Å². The number of aryl methyl sites for hydroxylation is 5. The van der Waals surface area contributed by atoms with Gasteiger partial charge in [-0.15, -0.1) is 0 Å². The van der Waals surface area contributed by atoms with Gasteiger partial charge in [0, 0.05) is 38.0 Å². The predicted octanol–water partition coefficient (Wildman–Crippen LogP) is 3.73. The number of carbonyl (C=O) groups is 3. The quantitative estimate of drug-likeness (QED) is 0.0807. The molecule has 0 aliphatic carbocycles. The van der Waals surface area contributed by atoms with E-state index in [9.17, 15) is 19.5 Å². The zero-order valence-corrected chi connectivity index (χ0v) is 26.4. The molecule has 0 bridgehead atoms. The Bertz CT molecular complexity index is 1900. The van der Waals surface area contributed by atoms with Crippen molar-refractivity contribution in [1.29, 1.82) is 0 Å². The number of carbonyl (C=O) groups excluding carboxylic acids is 3. The Labute approximate surface area is 265 Å². The summed E-state index contributed by atoms with van der Waals surface area (Å²) in [6, 6.07) is 12.6.